The van der Waals surface area contributed by atoms with E-state index < -0.39 is 11.7 Å². The molecule has 0 unspecified atom stereocenters. The van der Waals surface area contributed by atoms with E-state index in [4.69, 9.17) is 11.6 Å². The molecule has 1 aromatic heterocycles. The molecule has 0 fully saturated rings. The average molecular weight is 420 g/mol. The zero-order valence-corrected chi connectivity index (χ0v) is 16.4. The van der Waals surface area contributed by atoms with Crippen LogP contribution < -0.4 is 0 Å². The summed E-state index contributed by atoms with van der Waals surface area (Å²) >= 11 is 6.35. The molecule has 0 bridgehead atoms. The minimum atomic E-state index is -4.42. The van der Waals surface area contributed by atoms with Crippen LogP contribution >= 0.6 is 11.6 Å². The van der Waals surface area contributed by atoms with Crippen molar-refractivity contribution in [3.8, 4) is 22.5 Å². The number of hydrogen-bond donors (Lipinski definition) is 0. The summed E-state index contributed by atoms with van der Waals surface area (Å²) in [5.41, 5.74) is 1.46. The van der Waals surface area contributed by atoms with Crippen molar-refractivity contribution < 1.29 is 18.0 Å². The van der Waals surface area contributed by atoms with E-state index in [2.05, 4.69) is 4.98 Å². The van der Waals surface area contributed by atoms with Gasteiger partial charge in [0.25, 0.3) is 5.91 Å². The van der Waals surface area contributed by atoms with Gasteiger partial charge in [0.1, 0.15) is 6.67 Å². The molecular formula is C21H17ClF3N3O. The van der Waals surface area contributed by atoms with Gasteiger partial charge >= 0.3 is 6.18 Å². The summed E-state index contributed by atoms with van der Waals surface area (Å²) in [5.74, 6) is 0.0370. The van der Waals surface area contributed by atoms with Crippen LogP contribution in [-0.2, 0) is 12.8 Å². The van der Waals surface area contributed by atoms with Crippen molar-refractivity contribution in [2.45, 2.75) is 32.7 Å². The highest BCUT2D eigenvalue weighted by atomic mass is 35.5. The van der Waals surface area contributed by atoms with E-state index in [0.29, 0.717) is 27.5 Å². The maximum atomic E-state index is 13.0. The third-order valence-electron chi connectivity index (χ3n) is 4.95. The number of halogens is 4. The first-order valence-corrected chi connectivity index (χ1v) is 9.40. The van der Waals surface area contributed by atoms with E-state index >= 15 is 0 Å². The Morgan fingerprint density at radius 1 is 1.07 bits per heavy atom. The van der Waals surface area contributed by atoms with Crippen LogP contribution in [0, 0.1) is 0 Å². The van der Waals surface area contributed by atoms with Crippen LogP contribution in [0.4, 0.5) is 13.2 Å². The van der Waals surface area contributed by atoms with Gasteiger partial charge in [-0.25, -0.2) is 4.98 Å². The van der Waals surface area contributed by atoms with Gasteiger partial charge in [-0.3, -0.25) is 4.79 Å². The summed E-state index contributed by atoms with van der Waals surface area (Å²) in [6.07, 6.45) is -4.42. The van der Waals surface area contributed by atoms with Crippen LogP contribution in [0.15, 0.2) is 48.5 Å². The number of aromatic nitrogens is 2. The Morgan fingerprint density at radius 3 is 2.31 bits per heavy atom. The molecule has 29 heavy (non-hydrogen) atoms. The molecule has 0 aliphatic carbocycles. The van der Waals surface area contributed by atoms with Crippen LogP contribution in [0.3, 0.4) is 0 Å². The lowest BCUT2D eigenvalue weighted by molar-refractivity contribution is -0.137. The quantitative estimate of drug-likeness (QED) is 0.545. The first-order chi connectivity index (χ1) is 13.7. The van der Waals surface area contributed by atoms with Crippen LogP contribution in [0.5, 0.6) is 0 Å². The van der Waals surface area contributed by atoms with Gasteiger partial charge < -0.3 is 9.47 Å². The number of imidazole rings is 1. The van der Waals surface area contributed by atoms with Crippen LogP contribution in [0.1, 0.15) is 30.0 Å². The molecule has 8 heteroatoms. The normalized spacial score (nSPS) is 14.0. The summed E-state index contributed by atoms with van der Waals surface area (Å²) in [7, 11) is 0. The zero-order chi connectivity index (χ0) is 20.9. The highest BCUT2D eigenvalue weighted by Gasteiger charge is 2.36. The molecule has 0 saturated carbocycles. The van der Waals surface area contributed by atoms with Crippen LogP contribution in [0.25, 0.3) is 22.5 Å². The van der Waals surface area contributed by atoms with Crippen LogP contribution in [-0.4, -0.2) is 26.4 Å². The van der Waals surface area contributed by atoms with Crippen LogP contribution in [0.2, 0.25) is 5.02 Å². The highest BCUT2D eigenvalue weighted by Crippen LogP contribution is 2.39. The lowest BCUT2D eigenvalue weighted by Crippen LogP contribution is -2.31. The Balaban J connectivity index is 1.91. The highest BCUT2D eigenvalue weighted by molar-refractivity contribution is 6.33. The molecule has 1 aliphatic heterocycles. The fraction of sp³-hybridized carbons (Fsp3) is 0.238. The van der Waals surface area contributed by atoms with Crippen molar-refractivity contribution in [3.63, 3.8) is 0 Å². The van der Waals surface area contributed by atoms with E-state index in [9.17, 15) is 18.0 Å². The maximum absolute atomic E-state index is 13.0. The summed E-state index contributed by atoms with van der Waals surface area (Å²) in [5, 5.41) is 0.450. The van der Waals surface area contributed by atoms with Gasteiger partial charge in [0.15, 0.2) is 0 Å². The Hall–Kier alpha value is -2.80. The maximum Gasteiger partial charge on any atom is 0.416 e. The van der Waals surface area contributed by atoms with Crippen molar-refractivity contribution in [2.24, 2.45) is 0 Å². The Labute approximate surface area is 170 Å². The lowest BCUT2D eigenvalue weighted by Gasteiger charge is -2.20. The molecule has 2 aromatic carbocycles. The number of alkyl halides is 3. The third-order valence-corrected chi connectivity index (χ3v) is 5.28. The summed E-state index contributed by atoms with van der Waals surface area (Å²) in [4.78, 5) is 19.0. The molecule has 0 N–H and O–H groups in total. The first-order valence-electron chi connectivity index (χ1n) is 9.02. The van der Waals surface area contributed by atoms with Gasteiger partial charge in [-0.1, -0.05) is 41.9 Å². The molecule has 1 aliphatic rings. The van der Waals surface area contributed by atoms with Gasteiger partial charge in [0.2, 0.25) is 5.82 Å². The molecule has 4 rings (SSSR count). The minimum Gasteiger partial charge on any atom is -0.315 e. The van der Waals surface area contributed by atoms with Gasteiger partial charge in [0, 0.05) is 17.2 Å². The number of fused-ring (bicyclic) bond motifs is 1. The lowest BCUT2D eigenvalue weighted by atomic mass is 10.0. The predicted molar refractivity (Wildman–Crippen MR) is 104 cm³/mol. The number of amides is 1. The van der Waals surface area contributed by atoms with Crippen molar-refractivity contribution in [2.75, 3.05) is 0 Å². The van der Waals surface area contributed by atoms with E-state index in [-0.39, 0.29) is 24.4 Å². The summed E-state index contributed by atoms with van der Waals surface area (Å²) < 4.78 is 40.7. The molecule has 0 radical (unpaired) electrons. The minimum absolute atomic E-state index is 0.0339. The van der Waals surface area contributed by atoms with Gasteiger partial charge in [0.05, 0.1) is 22.0 Å². The fourth-order valence-electron chi connectivity index (χ4n) is 3.45. The Bertz CT molecular complexity index is 1090. The second-order valence-electron chi connectivity index (χ2n) is 7.13. The van der Waals surface area contributed by atoms with Gasteiger partial charge in [-0.05, 0) is 32.0 Å². The summed E-state index contributed by atoms with van der Waals surface area (Å²) in [6.45, 7) is 4.08. The van der Waals surface area contributed by atoms with Gasteiger partial charge in [-0.2, -0.15) is 13.2 Å². The van der Waals surface area contributed by atoms with Crippen molar-refractivity contribution >= 4 is 17.5 Å². The number of hydrogen-bond acceptors (Lipinski definition) is 2. The topological polar surface area (TPSA) is 38.1 Å². The fourth-order valence-corrected chi connectivity index (χ4v) is 3.67. The SMILES string of the molecule is CC(C)N1Cn2c(nc(-c3ccccc3Cl)c2-c2ccc(C(F)(F)F)cc2)C1=O. The first kappa shape index (κ1) is 19.5. The number of nitrogens with zero attached hydrogens (tertiary/aromatic N) is 3. The molecule has 150 valence electrons. The average Bonchev–Trinajstić information content (AvgIpc) is 3.18. The number of rotatable bonds is 3. The second kappa shape index (κ2) is 6.91. The van der Waals surface area contributed by atoms with Crippen molar-refractivity contribution in [1.29, 1.82) is 0 Å². The van der Waals surface area contributed by atoms with Crippen molar-refractivity contribution in [1.82, 2.24) is 14.5 Å². The van der Waals surface area contributed by atoms with E-state index in [1.807, 2.05) is 13.8 Å². The molecular weight excluding hydrogens is 403 g/mol. The predicted octanol–water partition coefficient (Wildman–Crippen LogP) is 5.71. The number of carbonyl (C=O) groups excluding carboxylic acids is 1. The summed E-state index contributed by atoms with van der Waals surface area (Å²) in [6, 6.07) is 11.9. The second-order valence-corrected chi connectivity index (χ2v) is 7.53. The monoisotopic (exact) mass is 419 g/mol. The van der Waals surface area contributed by atoms with E-state index in [1.165, 1.54) is 12.1 Å². The van der Waals surface area contributed by atoms with E-state index in [0.717, 1.165) is 12.1 Å². The molecule has 0 atom stereocenters. The van der Waals surface area contributed by atoms with Crippen molar-refractivity contribution in [3.05, 3.63) is 64.9 Å². The Morgan fingerprint density at radius 2 is 1.72 bits per heavy atom. The molecule has 2 heterocycles. The smallest absolute Gasteiger partial charge is 0.315 e. The standard InChI is InChI=1S/C21H17ClF3N3O/c1-12(2)27-11-28-18(13-7-9-14(10-8-13)21(23,24)25)17(26-19(28)20(27)29)15-5-3-4-6-16(15)22/h3-10,12H,11H2,1-2H3. The number of benzene rings is 2. The molecule has 4 nitrogen and oxygen atoms in total. The molecule has 1 amide bonds. The molecule has 0 saturated heterocycles. The molecule has 0 spiro atoms. The number of carbonyl (C=O) groups is 1. The van der Waals surface area contributed by atoms with E-state index in [1.54, 1.807) is 33.7 Å². The van der Waals surface area contributed by atoms with Gasteiger partial charge in [-0.15, -0.1) is 0 Å². The largest absolute Gasteiger partial charge is 0.416 e. The Kier molecular flexibility index (Phi) is 4.65. The molecule has 3 aromatic rings. The third kappa shape index (κ3) is 3.29. The zero-order valence-electron chi connectivity index (χ0n) is 15.7.